The van der Waals surface area contributed by atoms with E-state index >= 15 is 0 Å². The molecule has 0 aliphatic carbocycles. The van der Waals surface area contributed by atoms with Crippen LogP contribution in [0.3, 0.4) is 0 Å². The lowest BCUT2D eigenvalue weighted by molar-refractivity contribution is 0.672. The average molecular weight is 601 g/mol. The summed E-state index contributed by atoms with van der Waals surface area (Å²) >= 11 is 0. The highest BCUT2D eigenvalue weighted by molar-refractivity contribution is 6.19. The summed E-state index contributed by atoms with van der Waals surface area (Å²) in [5.41, 5.74) is 11.3. The molecule has 0 aliphatic rings. The molecule has 0 saturated carbocycles. The molecule has 9 aromatic rings. The fourth-order valence-corrected chi connectivity index (χ4v) is 6.56. The molecule has 0 atom stereocenters. The first-order valence-corrected chi connectivity index (χ1v) is 15.8. The molecule has 0 N–H and O–H groups in total. The standard InChI is InChI=1S/C44H28N2O/c1-4-13-29(14-5-1)32-19-12-20-33(25-32)37-27-39-38-26-34(23-24-42(38)47-43(39)36-22-11-10-21-35(36)37)44-45-40(30-15-6-2-7-16-30)28-41(46-44)31-17-8-3-9-18-31/h1-28H. The van der Waals surface area contributed by atoms with Gasteiger partial charge in [0.1, 0.15) is 11.2 Å². The minimum absolute atomic E-state index is 0.679. The van der Waals surface area contributed by atoms with E-state index in [2.05, 4.69) is 133 Å². The summed E-state index contributed by atoms with van der Waals surface area (Å²) in [6.07, 6.45) is 0. The van der Waals surface area contributed by atoms with Crippen LogP contribution in [-0.2, 0) is 0 Å². The molecule has 7 aromatic carbocycles. The molecule has 0 amide bonds. The van der Waals surface area contributed by atoms with E-state index in [-0.39, 0.29) is 0 Å². The van der Waals surface area contributed by atoms with Crippen LogP contribution in [0, 0.1) is 0 Å². The fourth-order valence-electron chi connectivity index (χ4n) is 6.56. The van der Waals surface area contributed by atoms with Crippen molar-refractivity contribution in [3.63, 3.8) is 0 Å². The van der Waals surface area contributed by atoms with Crippen LogP contribution >= 0.6 is 0 Å². The fraction of sp³-hybridized carbons (Fsp3) is 0. The number of rotatable bonds is 5. The maximum absolute atomic E-state index is 6.59. The van der Waals surface area contributed by atoms with Crippen molar-refractivity contribution in [3.05, 3.63) is 170 Å². The molecule has 220 valence electrons. The molecular formula is C44H28N2O. The summed E-state index contributed by atoms with van der Waals surface area (Å²) in [6, 6.07) is 59.1. The van der Waals surface area contributed by atoms with Gasteiger partial charge in [0.15, 0.2) is 5.82 Å². The number of fused-ring (bicyclic) bond motifs is 5. The number of benzene rings is 7. The molecule has 0 bridgehead atoms. The smallest absolute Gasteiger partial charge is 0.160 e. The first-order chi connectivity index (χ1) is 23.3. The van der Waals surface area contributed by atoms with Crippen molar-refractivity contribution in [2.75, 3.05) is 0 Å². The molecule has 9 rings (SSSR count). The second-order valence-corrected chi connectivity index (χ2v) is 11.8. The highest BCUT2D eigenvalue weighted by Gasteiger charge is 2.17. The quantitative estimate of drug-likeness (QED) is 0.197. The Labute approximate surface area is 272 Å². The van der Waals surface area contributed by atoms with Crippen LogP contribution < -0.4 is 0 Å². The highest BCUT2D eigenvalue weighted by Crippen LogP contribution is 2.41. The largest absolute Gasteiger partial charge is 0.455 e. The topological polar surface area (TPSA) is 38.9 Å². The Kier molecular flexibility index (Phi) is 6.46. The van der Waals surface area contributed by atoms with Gasteiger partial charge in [-0.25, -0.2) is 9.97 Å². The minimum Gasteiger partial charge on any atom is -0.455 e. The predicted molar refractivity (Wildman–Crippen MR) is 194 cm³/mol. The second kappa shape index (κ2) is 11.2. The van der Waals surface area contributed by atoms with Gasteiger partial charge in [0, 0.05) is 32.8 Å². The van der Waals surface area contributed by atoms with E-state index in [0.29, 0.717) is 5.82 Å². The molecule has 3 heteroatoms. The van der Waals surface area contributed by atoms with Gasteiger partial charge in [-0.3, -0.25) is 0 Å². The Balaban J connectivity index is 1.25. The van der Waals surface area contributed by atoms with Crippen LogP contribution in [0.25, 0.3) is 88.9 Å². The van der Waals surface area contributed by atoms with Crippen molar-refractivity contribution >= 4 is 32.7 Å². The number of nitrogens with zero attached hydrogens (tertiary/aromatic N) is 2. The third-order valence-corrected chi connectivity index (χ3v) is 8.88. The van der Waals surface area contributed by atoms with Crippen molar-refractivity contribution in [2.45, 2.75) is 0 Å². The molecule has 2 aromatic heterocycles. The molecule has 0 unspecified atom stereocenters. The van der Waals surface area contributed by atoms with Crippen molar-refractivity contribution in [3.8, 4) is 56.2 Å². The summed E-state index contributed by atoms with van der Waals surface area (Å²) in [5, 5.41) is 4.37. The van der Waals surface area contributed by atoms with E-state index in [1.807, 2.05) is 36.4 Å². The lowest BCUT2D eigenvalue weighted by Crippen LogP contribution is -1.95. The van der Waals surface area contributed by atoms with Crippen LogP contribution in [0.5, 0.6) is 0 Å². The van der Waals surface area contributed by atoms with Crippen molar-refractivity contribution in [1.82, 2.24) is 9.97 Å². The average Bonchev–Trinajstić information content (AvgIpc) is 3.53. The van der Waals surface area contributed by atoms with Gasteiger partial charge in [0.25, 0.3) is 0 Å². The van der Waals surface area contributed by atoms with Crippen LogP contribution in [0.4, 0.5) is 0 Å². The van der Waals surface area contributed by atoms with E-state index in [1.165, 1.54) is 22.3 Å². The zero-order chi connectivity index (χ0) is 31.2. The highest BCUT2D eigenvalue weighted by atomic mass is 16.3. The van der Waals surface area contributed by atoms with Gasteiger partial charge in [0.2, 0.25) is 0 Å². The molecule has 0 saturated heterocycles. The van der Waals surface area contributed by atoms with E-state index < -0.39 is 0 Å². The maximum atomic E-state index is 6.59. The van der Waals surface area contributed by atoms with Crippen molar-refractivity contribution in [2.24, 2.45) is 0 Å². The van der Waals surface area contributed by atoms with Crippen LogP contribution in [-0.4, -0.2) is 9.97 Å². The number of hydrogen-bond acceptors (Lipinski definition) is 3. The molecule has 0 radical (unpaired) electrons. The van der Waals surface area contributed by atoms with Crippen LogP contribution in [0.2, 0.25) is 0 Å². The van der Waals surface area contributed by atoms with Gasteiger partial charge in [-0.1, -0.05) is 133 Å². The van der Waals surface area contributed by atoms with Crippen LogP contribution in [0.15, 0.2) is 174 Å². The molecule has 2 heterocycles. The summed E-state index contributed by atoms with van der Waals surface area (Å²) < 4.78 is 6.59. The van der Waals surface area contributed by atoms with Crippen molar-refractivity contribution < 1.29 is 4.42 Å². The molecule has 3 nitrogen and oxygen atoms in total. The number of furan rings is 1. The third kappa shape index (κ3) is 4.86. The normalized spacial score (nSPS) is 11.4. The summed E-state index contributed by atoms with van der Waals surface area (Å²) in [7, 11) is 0. The summed E-state index contributed by atoms with van der Waals surface area (Å²) in [5.74, 6) is 0.679. The summed E-state index contributed by atoms with van der Waals surface area (Å²) in [4.78, 5) is 10.2. The Morgan fingerprint density at radius 3 is 1.60 bits per heavy atom. The Morgan fingerprint density at radius 2 is 0.915 bits per heavy atom. The van der Waals surface area contributed by atoms with Crippen molar-refractivity contribution in [1.29, 1.82) is 0 Å². The van der Waals surface area contributed by atoms with Crippen LogP contribution in [0.1, 0.15) is 0 Å². The van der Waals surface area contributed by atoms with E-state index in [1.54, 1.807) is 0 Å². The van der Waals surface area contributed by atoms with Gasteiger partial charge in [-0.15, -0.1) is 0 Å². The van der Waals surface area contributed by atoms with Gasteiger partial charge in [-0.2, -0.15) is 0 Å². The molecule has 0 aliphatic heterocycles. The van der Waals surface area contributed by atoms with Gasteiger partial charge in [-0.05, 0) is 64.0 Å². The first-order valence-electron chi connectivity index (χ1n) is 15.8. The SMILES string of the molecule is c1ccc(-c2cccc(-c3cc4c5cc(-c6nc(-c7ccccc7)cc(-c7ccccc7)n6)ccc5oc4c4ccccc34)c2)cc1. The minimum atomic E-state index is 0.679. The molecule has 47 heavy (non-hydrogen) atoms. The zero-order valence-corrected chi connectivity index (χ0v) is 25.5. The molecule has 0 fully saturated rings. The zero-order valence-electron chi connectivity index (χ0n) is 25.5. The Morgan fingerprint density at radius 1 is 0.340 bits per heavy atom. The number of hydrogen-bond donors (Lipinski definition) is 0. The molecule has 0 spiro atoms. The Hall–Kier alpha value is -6.32. The Bertz CT molecular complexity index is 2500. The lowest BCUT2D eigenvalue weighted by atomic mass is 9.93. The monoisotopic (exact) mass is 600 g/mol. The summed E-state index contributed by atoms with van der Waals surface area (Å²) in [6.45, 7) is 0. The molecular weight excluding hydrogens is 572 g/mol. The predicted octanol–water partition coefficient (Wildman–Crippen LogP) is 11.9. The van der Waals surface area contributed by atoms with Gasteiger partial charge >= 0.3 is 0 Å². The van der Waals surface area contributed by atoms with Gasteiger partial charge < -0.3 is 4.42 Å². The van der Waals surface area contributed by atoms with E-state index in [0.717, 1.165) is 60.8 Å². The van der Waals surface area contributed by atoms with E-state index in [9.17, 15) is 0 Å². The second-order valence-electron chi connectivity index (χ2n) is 11.8. The maximum Gasteiger partial charge on any atom is 0.160 e. The van der Waals surface area contributed by atoms with E-state index in [4.69, 9.17) is 14.4 Å². The van der Waals surface area contributed by atoms with Gasteiger partial charge in [0.05, 0.1) is 11.4 Å². The number of aromatic nitrogens is 2. The third-order valence-electron chi connectivity index (χ3n) is 8.88. The first kappa shape index (κ1) is 27.0. The lowest BCUT2D eigenvalue weighted by Gasteiger charge is -2.11.